The van der Waals surface area contributed by atoms with E-state index in [1.807, 2.05) is 36.4 Å². The highest BCUT2D eigenvalue weighted by atomic mass is 16.5. The molecule has 4 N–H and O–H groups in total. The summed E-state index contributed by atoms with van der Waals surface area (Å²) >= 11 is 0. The van der Waals surface area contributed by atoms with Crippen LogP contribution in [0.1, 0.15) is 39.4 Å². The van der Waals surface area contributed by atoms with Gasteiger partial charge < -0.3 is 30.6 Å². The summed E-state index contributed by atoms with van der Waals surface area (Å²) in [6.45, 7) is 2.71. The second-order valence-corrected chi connectivity index (χ2v) is 10.4. The third-order valence-corrected chi connectivity index (χ3v) is 7.63. The molecule has 45 heavy (non-hydrogen) atoms. The molecule has 6 rings (SSSR count). The molecule has 1 atom stereocenters. The maximum Gasteiger partial charge on any atom is 0.267 e. The van der Waals surface area contributed by atoms with E-state index in [9.17, 15) is 4.79 Å². The van der Waals surface area contributed by atoms with Crippen molar-refractivity contribution in [3.63, 3.8) is 0 Å². The van der Waals surface area contributed by atoms with Crippen LogP contribution >= 0.6 is 0 Å². The minimum absolute atomic E-state index is 0.103. The van der Waals surface area contributed by atoms with Gasteiger partial charge in [0.15, 0.2) is 11.5 Å². The first kappa shape index (κ1) is 29.5. The van der Waals surface area contributed by atoms with Crippen molar-refractivity contribution in [1.29, 1.82) is 0 Å². The fourth-order valence-corrected chi connectivity index (χ4v) is 5.41. The van der Waals surface area contributed by atoms with Gasteiger partial charge >= 0.3 is 0 Å². The minimum atomic E-state index is -0.529. The maximum absolute atomic E-state index is 13.8. The van der Waals surface area contributed by atoms with E-state index in [2.05, 4.69) is 29.9 Å². The van der Waals surface area contributed by atoms with Crippen LogP contribution in [0.3, 0.4) is 0 Å². The van der Waals surface area contributed by atoms with Gasteiger partial charge in [-0.15, -0.1) is 0 Å². The number of carbonyl (C=O) groups excluding carboxylic acids is 1. The zero-order chi connectivity index (χ0) is 31.3. The molecule has 2 aromatic carbocycles. The van der Waals surface area contributed by atoms with Crippen molar-refractivity contribution in [2.24, 2.45) is 5.10 Å². The van der Waals surface area contributed by atoms with Crippen molar-refractivity contribution in [1.82, 2.24) is 24.9 Å². The molecule has 2 aliphatic heterocycles. The van der Waals surface area contributed by atoms with Crippen LogP contribution in [0.2, 0.25) is 0 Å². The summed E-state index contributed by atoms with van der Waals surface area (Å²) in [5, 5.41) is 5.99. The van der Waals surface area contributed by atoms with Gasteiger partial charge in [-0.25, -0.2) is 20.0 Å². The van der Waals surface area contributed by atoms with E-state index in [4.69, 9.17) is 25.7 Å². The Morgan fingerprint density at radius 1 is 1.04 bits per heavy atom. The van der Waals surface area contributed by atoms with Crippen LogP contribution in [0, 0.1) is 0 Å². The molecule has 0 unspecified atom stereocenters. The average molecular weight is 608 g/mol. The smallest absolute Gasteiger partial charge is 0.267 e. The standard InChI is InChI=1S/C32H33N9O4/c1-43-26-15-20(14-23-16-35-31(34)39-30(23)33)13-21(29(26)44-2)7-8-27(42)41-28(25-6-4-3-5-22(25)19-38-41)24-17-36-32(37-18-24)40-9-11-45-12-10-40/h3-8,13,15-19,28H,9-12,14H2,1-2H3,(H4,33,34,35,39)/b8-7+/t28-/m0/s1. The van der Waals surface area contributed by atoms with Crippen LogP contribution in [-0.4, -0.2) is 77.6 Å². The Kier molecular flexibility index (Phi) is 8.51. The largest absolute Gasteiger partial charge is 0.493 e. The Morgan fingerprint density at radius 2 is 1.82 bits per heavy atom. The number of hydrogen-bond donors (Lipinski definition) is 2. The number of anilines is 3. The number of aromatic nitrogens is 4. The molecule has 2 aliphatic rings. The highest BCUT2D eigenvalue weighted by Gasteiger charge is 2.31. The maximum atomic E-state index is 13.8. The summed E-state index contributed by atoms with van der Waals surface area (Å²) in [4.78, 5) is 33.3. The van der Waals surface area contributed by atoms with Crippen molar-refractivity contribution in [2.45, 2.75) is 12.5 Å². The van der Waals surface area contributed by atoms with E-state index < -0.39 is 6.04 Å². The van der Waals surface area contributed by atoms with Gasteiger partial charge in [0.25, 0.3) is 5.91 Å². The van der Waals surface area contributed by atoms with Gasteiger partial charge in [0, 0.05) is 66.4 Å². The van der Waals surface area contributed by atoms with Crippen molar-refractivity contribution in [3.8, 4) is 11.5 Å². The molecule has 2 aromatic heterocycles. The number of carbonyl (C=O) groups is 1. The number of benzene rings is 2. The quantitative estimate of drug-likeness (QED) is 0.283. The minimum Gasteiger partial charge on any atom is -0.493 e. The fourth-order valence-electron chi connectivity index (χ4n) is 5.41. The summed E-state index contributed by atoms with van der Waals surface area (Å²) in [5.41, 5.74) is 16.5. The van der Waals surface area contributed by atoms with Crippen LogP contribution < -0.4 is 25.8 Å². The van der Waals surface area contributed by atoms with Gasteiger partial charge in [-0.3, -0.25) is 4.79 Å². The molecule has 0 aliphatic carbocycles. The third-order valence-electron chi connectivity index (χ3n) is 7.63. The highest BCUT2D eigenvalue weighted by molar-refractivity contribution is 5.95. The Labute approximate surface area is 260 Å². The number of amides is 1. The first-order valence-corrected chi connectivity index (χ1v) is 14.4. The van der Waals surface area contributed by atoms with Gasteiger partial charge in [0.05, 0.1) is 33.6 Å². The van der Waals surface area contributed by atoms with Gasteiger partial charge in [-0.1, -0.05) is 24.3 Å². The van der Waals surface area contributed by atoms with E-state index in [1.54, 1.807) is 45.1 Å². The van der Waals surface area contributed by atoms with Gasteiger partial charge in [0.2, 0.25) is 11.9 Å². The van der Waals surface area contributed by atoms with Gasteiger partial charge in [-0.2, -0.15) is 10.1 Å². The van der Waals surface area contributed by atoms with E-state index in [0.29, 0.717) is 54.0 Å². The Morgan fingerprint density at radius 3 is 2.56 bits per heavy atom. The van der Waals surface area contributed by atoms with E-state index in [1.165, 1.54) is 11.1 Å². The van der Waals surface area contributed by atoms with Crippen LogP contribution in [0.15, 0.2) is 66.2 Å². The van der Waals surface area contributed by atoms with Crippen molar-refractivity contribution in [3.05, 3.63) is 94.4 Å². The van der Waals surface area contributed by atoms with Crippen molar-refractivity contribution < 1.29 is 19.0 Å². The molecule has 4 aromatic rings. The lowest BCUT2D eigenvalue weighted by atomic mass is 9.94. The van der Waals surface area contributed by atoms with Crippen LogP contribution in [0.4, 0.5) is 17.7 Å². The van der Waals surface area contributed by atoms with E-state index >= 15 is 0 Å². The number of rotatable bonds is 8. The predicted molar refractivity (Wildman–Crippen MR) is 170 cm³/mol. The Hall–Kier alpha value is -5.56. The number of fused-ring (bicyclic) bond motifs is 1. The number of nitrogen functional groups attached to an aromatic ring is 2. The second-order valence-electron chi connectivity index (χ2n) is 10.4. The molecule has 0 saturated carbocycles. The molecule has 0 radical (unpaired) electrons. The number of hydrazone groups is 1. The number of methoxy groups -OCH3 is 2. The zero-order valence-corrected chi connectivity index (χ0v) is 25.0. The Balaban J connectivity index is 1.31. The molecule has 4 heterocycles. The van der Waals surface area contributed by atoms with E-state index in [0.717, 1.165) is 35.3 Å². The normalized spacial score (nSPS) is 16.1. The number of nitrogens with two attached hydrogens (primary N) is 2. The molecular weight excluding hydrogens is 574 g/mol. The SMILES string of the molecule is COc1cc(Cc2cnc(N)nc2N)cc(/C=C/C(=O)N2N=Cc3ccccc3[C@@H]2c2cnc(N3CCOCC3)nc2)c1OC. The molecule has 230 valence electrons. The summed E-state index contributed by atoms with van der Waals surface area (Å²) < 4.78 is 16.7. The zero-order valence-electron chi connectivity index (χ0n) is 25.0. The summed E-state index contributed by atoms with van der Waals surface area (Å²) in [7, 11) is 3.10. The van der Waals surface area contributed by atoms with E-state index in [-0.39, 0.29) is 11.9 Å². The number of ether oxygens (including phenoxy) is 3. The lowest BCUT2D eigenvalue weighted by Gasteiger charge is -2.31. The molecular formula is C32H33N9O4. The molecule has 1 fully saturated rings. The molecule has 13 heteroatoms. The van der Waals surface area contributed by atoms with Crippen LogP contribution in [-0.2, 0) is 16.0 Å². The highest BCUT2D eigenvalue weighted by Crippen LogP contribution is 2.36. The first-order chi connectivity index (χ1) is 21.9. The molecule has 13 nitrogen and oxygen atoms in total. The number of hydrogen-bond acceptors (Lipinski definition) is 12. The lowest BCUT2D eigenvalue weighted by molar-refractivity contribution is -0.127. The van der Waals surface area contributed by atoms with Crippen molar-refractivity contribution in [2.75, 3.05) is 56.9 Å². The molecule has 0 spiro atoms. The Bertz CT molecular complexity index is 1750. The topological polar surface area (TPSA) is 167 Å². The summed E-state index contributed by atoms with van der Waals surface area (Å²) in [6.07, 6.45) is 10.4. The molecule has 1 amide bonds. The van der Waals surface area contributed by atoms with Crippen LogP contribution in [0.25, 0.3) is 6.08 Å². The van der Waals surface area contributed by atoms with Crippen molar-refractivity contribution >= 4 is 35.9 Å². The van der Waals surface area contributed by atoms with Crippen LogP contribution in [0.5, 0.6) is 11.5 Å². The number of morpholine rings is 1. The predicted octanol–water partition coefficient (Wildman–Crippen LogP) is 2.85. The lowest BCUT2D eigenvalue weighted by Crippen LogP contribution is -2.37. The molecule has 0 bridgehead atoms. The average Bonchev–Trinajstić information content (AvgIpc) is 3.08. The second kappa shape index (κ2) is 13.0. The fraction of sp³-hybridized carbons (Fsp3) is 0.250. The number of nitrogens with zero attached hydrogens (tertiary/aromatic N) is 7. The summed E-state index contributed by atoms with van der Waals surface area (Å²) in [6, 6.07) is 11.0. The third kappa shape index (κ3) is 6.24. The summed E-state index contributed by atoms with van der Waals surface area (Å²) in [5.74, 6) is 1.65. The monoisotopic (exact) mass is 607 g/mol. The van der Waals surface area contributed by atoms with Gasteiger partial charge in [-0.05, 0) is 29.3 Å². The molecule has 1 saturated heterocycles. The first-order valence-electron chi connectivity index (χ1n) is 14.4. The van der Waals surface area contributed by atoms with Gasteiger partial charge in [0.1, 0.15) is 11.9 Å².